The number of amides is 1. The van der Waals surface area contributed by atoms with Crippen LogP contribution in [0.25, 0.3) is 0 Å². The molecule has 1 atom stereocenters. The summed E-state index contributed by atoms with van der Waals surface area (Å²) < 4.78 is 1.68. The first-order valence-electron chi connectivity index (χ1n) is 9.07. The summed E-state index contributed by atoms with van der Waals surface area (Å²) in [5.41, 5.74) is 2.39. The first kappa shape index (κ1) is 21.7. The van der Waals surface area contributed by atoms with Crippen molar-refractivity contribution in [2.75, 3.05) is 0 Å². The Bertz CT molecular complexity index is 885. The Hall–Kier alpha value is -2.60. The Morgan fingerprint density at radius 1 is 1.18 bits per heavy atom. The SMILES string of the molecule is Cc1cc(CC(=O)N[C@@H](CC(C)C)C(=O)O)n(C)c1C(=O)c1ccc(Cl)cc1. The normalized spacial score (nSPS) is 12.1. The average Bonchev–Trinajstić information content (AvgIpc) is 2.87. The molecule has 0 unspecified atom stereocenters. The first-order chi connectivity index (χ1) is 13.1. The van der Waals surface area contributed by atoms with Gasteiger partial charge in [0.1, 0.15) is 6.04 Å². The fraction of sp³-hybridized carbons (Fsp3) is 0.381. The molecule has 1 heterocycles. The van der Waals surface area contributed by atoms with Crippen LogP contribution in [0.5, 0.6) is 0 Å². The standard InChI is InChI=1S/C21H25ClN2O4/c1-12(2)9-17(21(27)28)23-18(25)11-16-10-13(3)19(24(16)4)20(26)14-5-7-15(22)8-6-14/h5-8,10,12,17H,9,11H2,1-4H3,(H,23,25)(H,27,28)/t17-/m0/s1. The van der Waals surface area contributed by atoms with Gasteiger partial charge in [-0.15, -0.1) is 0 Å². The molecule has 7 heteroatoms. The van der Waals surface area contributed by atoms with Gasteiger partial charge < -0.3 is 15.0 Å². The van der Waals surface area contributed by atoms with E-state index in [0.29, 0.717) is 28.4 Å². The summed E-state index contributed by atoms with van der Waals surface area (Å²) in [7, 11) is 1.72. The van der Waals surface area contributed by atoms with E-state index in [4.69, 9.17) is 11.6 Å². The van der Waals surface area contributed by atoms with Crippen molar-refractivity contribution >= 4 is 29.3 Å². The number of ketones is 1. The van der Waals surface area contributed by atoms with E-state index in [9.17, 15) is 19.5 Å². The maximum absolute atomic E-state index is 12.8. The van der Waals surface area contributed by atoms with Gasteiger partial charge in [0.25, 0.3) is 0 Å². The fourth-order valence-electron chi connectivity index (χ4n) is 3.16. The second kappa shape index (κ2) is 9.06. The predicted molar refractivity (Wildman–Crippen MR) is 108 cm³/mol. The molecule has 0 saturated carbocycles. The zero-order valence-corrected chi connectivity index (χ0v) is 17.2. The number of aliphatic carboxylic acids is 1. The van der Waals surface area contributed by atoms with Gasteiger partial charge in [-0.25, -0.2) is 4.79 Å². The average molecular weight is 405 g/mol. The molecule has 0 radical (unpaired) electrons. The predicted octanol–water partition coefficient (Wildman–Crippen LogP) is 3.38. The fourth-order valence-corrected chi connectivity index (χ4v) is 3.29. The van der Waals surface area contributed by atoms with Crippen molar-refractivity contribution in [2.45, 2.75) is 39.7 Å². The van der Waals surface area contributed by atoms with Gasteiger partial charge >= 0.3 is 5.97 Å². The van der Waals surface area contributed by atoms with Crippen molar-refractivity contribution < 1.29 is 19.5 Å². The van der Waals surface area contributed by atoms with E-state index in [-0.39, 0.29) is 24.0 Å². The number of carbonyl (C=O) groups excluding carboxylic acids is 2. The van der Waals surface area contributed by atoms with Crippen LogP contribution in [0.4, 0.5) is 0 Å². The molecule has 0 fully saturated rings. The minimum Gasteiger partial charge on any atom is -0.480 e. The second-order valence-electron chi connectivity index (χ2n) is 7.33. The Balaban J connectivity index is 2.18. The van der Waals surface area contributed by atoms with Gasteiger partial charge in [0.05, 0.1) is 12.1 Å². The number of nitrogens with zero attached hydrogens (tertiary/aromatic N) is 1. The summed E-state index contributed by atoms with van der Waals surface area (Å²) in [6.45, 7) is 5.61. The Labute approximate surface area is 169 Å². The zero-order chi connectivity index (χ0) is 21.0. The second-order valence-corrected chi connectivity index (χ2v) is 7.76. The monoisotopic (exact) mass is 404 g/mol. The third-order valence-corrected chi connectivity index (χ3v) is 4.78. The maximum Gasteiger partial charge on any atom is 0.326 e. The molecule has 150 valence electrons. The molecule has 0 aliphatic carbocycles. The first-order valence-corrected chi connectivity index (χ1v) is 9.45. The molecule has 6 nitrogen and oxygen atoms in total. The Kier molecular flexibility index (Phi) is 7.02. The van der Waals surface area contributed by atoms with E-state index < -0.39 is 12.0 Å². The number of hydrogen-bond donors (Lipinski definition) is 2. The number of halogens is 1. The third-order valence-electron chi connectivity index (χ3n) is 4.53. The van der Waals surface area contributed by atoms with E-state index in [1.54, 1.807) is 41.9 Å². The van der Waals surface area contributed by atoms with Gasteiger partial charge in [0, 0.05) is 23.3 Å². The third kappa shape index (κ3) is 5.23. The molecule has 28 heavy (non-hydrogen) atoms. The van der Waals surface area contributed by atoms with Crippen molar-refractivity contribution in [3.05, 3.63) is 57.9 Å². The van der Waals surface area contributed by atoms with Crippen LogP contribution in [0.1, 0.15) is 47.6 Å². The molecular weight excluding hydrogens is 380 g/mol. The lowest BCUT2D eigenvalue weighted by Gasteiger charge is -2.16. The molecule has 1 amide bonds. The van der Waals surface area contributed by atoms with E-state index in [0.717, 1.165) is 5.56 Å². The quantitative estimate of drug-likeness (QED) is 0.660. The van der Waals surface area contributed by atoms with Gasteiger partial charge in [-0.1, -0.05) is 25.4 Å². The molecule has 2 aromatic rings. The molecule has 0 saturated heterocycles. The number of carboxylic acids is 1. The van der Waals surface area contributed by atoms with Gasteiger partial charge in [-0.3, -0.25) is 9.59 Å². The van der Waals surface area contributed by atoms with Crippen LogP contribution in [0.2, 0.25) is 5.02 Å². The molecule has 1 aromatic heterocycles. The summed E-state index contributed by atoms with van der Waals surface area (Å²) in [5.74, 6) is -1.46. The summed E-state index contributed by atoms with van der Waals surface area (Å²) in [4.78, 5) is 36.6. The molecule has 1 aromatic carbocycles. The van der Waals surface area contributed by atoms with Gasteiger partial charge in [-0.2, -0.15) is 0 Å². The van der Waals surface area contributed by atoms with Gasteiger partial charge in [0.2, 0.25) is 11.7 Å². The smallest absolute Gasteiger partial charge is 0.326 e. The topological polar surface area (TPSA) is 88.4 Å². The van der Waals surface area contributed by atoms with Crippen LogP contribution in [-0.4, -0.2) is 33.4 Å². The van der Waals surface area contributed by atoms with E-state index >= 15 is 0 Å². The van der Waals surface area contributed by atoms with Crippen molar-refractivity contribution in [2.24, 2.45) is 13.0 Å². The molecule has 0 aliphatic heterocycles. The van der Waals surface area contributed by atoms with Crippen molar-refractivity contribution in [3.63, 3.8) is 0 Å². The number of aryl methyl sites for hydroxylation is 1. The van der Waals surface area contributed by atoms with Crippen LogP contribution in [-0.2, 0) is 23.1 Å². The number of nitrogens with one attached hydrogen (secondary N) is 1. The molecule has 2 N–H and O–H groups in total. The largest absolute Gasteiger partial charge is 0.480 e. The lowest BCUT2D eigenvalue weighted by molar-refractivity contribution is -0.142. The number of hydrogen-bond acceptors (Lipinski definition) is 3. The number of aromatic nitrogens is 1. The zero-order valence-electron chi connectivity index (χ0n) is 16.5. The lowest BCUT2D eigenvalue weighted by Crippen LogP contribution is -2.42. The van der Waals surface area contributed by atoms with Gasteiger partial charge in [-0.05, 0) is 55.2 Å². The Morgan fingerprint density at radius 2 is 1.79 bits per heavy atom. The van der Waals surface area contributed by atoms with Crippen molar-refractivity contribution in [1.29, 1.82) is 0 Å². The summed E-state index contributed by atoms with van der Waals surface area (Å²) in [6.07, 6.45) is 0.348. The molecular formula is C21H25ClN2O4. The molecule has 0 aliphatic rings. The molecule has 0 spiro atoms. The minimum atomic E-state index is -1.05. The number of carboxylic acid groups (broad SMARTS) is 1. The summed E-state index contributed by atoms with van der Waals surface area (Å²) in [5, 5.41) is 12.4. The van der Waals surface area contributed by atoms with Crippen LogP contribution in [0, 0.1) is 12.8 Å². The highest BCUT2D eigenvalue weighted by Gasteiger charge is 2.23. The van der Waals surface area contributed by atoms with Crippen LogP contribution in [0.3, 0.4) is 0 Å². The summed E-state index contributed by atoms with van der Waals surface area (Å²) >= 11 is 5.88. The van der Waals surface area contributed by atoms with E-state index in [1.165, 1.54) is 0 Å². The van der Waals surface area contributed by atoms with Crippen LogP contribution in [0.15, 0.2) is 30.3 Å². The van der Waals surface area contributed by atoms with E-state index in [2.05, 4.69) is 5.32 Å². The Morgan fingerprint density at radius 3 is 2.32 bits per heavy atom. The highest BCUT2D eigenvalue weighted by molar-refractivity contribution is 6.30. The van der Waals surface area contributed by atoms with Crippen LogP contribution < -0.4 is 5.32 Å². The van der Waals surface area contributed by atoms with Gasteiger partial charge in [0.15, 0.2) is 0 Å². The minimum absolute atomic E-state index is 0.00683. The van der Waals surface area contributed by atoms with Crippen molar-refractivity contribution in [1.82, 2.24) is 9.88 Å². The summed E-state index contributed by atoms with van der Waals surface area (Å²) in [6, 6.07) is 7.48. The van der Waals surface area contributed by atoms with E-state index in [1.807, 2.05) is 20.8 Å². The maximum atomic E-state index is 12.8. The molecule has 0 bridgehead atoms. The molecule has 2 rings (SSSR count). The highest BCUT2D eigenvalue weighted by atomic mass is 35.5. The number of carbonyl (C=O) groups is 3. The van der Waals surface area contributed by atoms with Crippen molar-refractivity contribution in [3.8, 4) is 0 Å². The number of benzene rings is 1. The highest BCUT2D eigenvalue weighted by Crippen LogP contribution is 2.20. The number of rotatable bonds is 8. The lowest BCUT2D eigenvalue weighted by atomic mass is 10.0. The van der Waals surface area contributed by atoms with Crippen LogP contribution >= 0.6 is 11.6 Å².